The van der Waals surface area contributed by atoms with Gasteiger partial charge in [-0.25, -0.2) is 4.79 Å². The number of esters is 1. The molecule has 0 saturated heterocycles. The van der Waals surface area contributed by atoms with E-state index in [4.69, 9.17) is 4.74 Å². The van der Waals surface area contributed by atoms with Crippen molar-refractivity contribution in [2.75, 3.05) is 7.11 Å². The Morgan fingerprint density at radius 3 is 2.87 bits per heavy atom. The summed E-state index contributed by atoms with van der Waals surface area (Å²) < 4.78 is 4.74. The summed E-state index contributed by atoms with van der Waals surface area (Å²) in [7, 11) is 1.30. The highest BCUT2D eigenvalue weighted by Crippen LogP contribution is 2.19. The highest BCUT2D eigenvalue weighted by molar-refractivity contribution is 7.13. The standard InChI is InChI=1S/C14H19N5O3S/c1-4-9(2)12(14(21)22-3)15-11(20)8-19-17-13(16-18-19)10-6-5-7-23-10/h5-7,9,12H,4,8H2,1-3H3,(H,15,20)/t9-,12+/m0/s1. The smallest absolute Gasteiger partial charge is 0.328 e. The Bertz CT molecular complexity index is 655. The van der Waals surface area contributed by atoms with Crippen LogP contribution in [-0.2, 0) is 20.9 Å². The number of aromatic nitrogens is 4. The first-order chi connectivity index (χ1) is 11.0. The number of ether oxygens (including phenoxy) is 1. The van der Waals surface area contributed by atoms with Gasteiger partial charge in [-0.2, -0.15) is 4.80 Å². The zero-order valence-corrected chi connectivity index (χ0v) is 14.0. The van der Waals surface area contributed by atoms with Crippen molar-refractivity contribution >= 4 is 23.2 Å². The second-order valence-electron chi connectivity index (χ2n) is 5.07. The van der Waals surface area contributed by atoms with Crippen molar-refractivity contribution in [1.82, 2.24) is 25.5 Å². The molecule has 124 valence electrons. The van der Waals surface area contributed by atoms with Crippen LogP contribution in [0.4, 0.5) is 0 Å². The number of amides is 1. The maximum Gasteiger partial charge on any atom is 0.328 e. The summed E-state index contributed by atoms with van der Waals surface area (Å²) >= 11 is 1.49. The van der Waals surface area contributed by atoms with Crippen LogP contribution in [0.15, 0.2) is 17.5 Å². The molecule has 0 spiro atoms. The molecule has 2 atom stereocenters. The van der Waals surface area contributed by atoms with Gasteiger partial charge in [-0.1, -0.05) is 26.3 Å². The largest absolute Gasteiger partial charge is 0.467 e. The molecule has 0 saturated carbocycles. The second kappa shape index (κ2) is 7.82. The van der Waals surface area contributed by atoms with E-state index in [-0.39, 0.29) is 18.4 Å². The number of hydrogen-bond donors (Lipinski definition) is 1. The summed E-state index contributed by atoms with van der Waals surface area (Å²) in [4.78, 5) is 26.0. The summed E-state index contributed by atoms with van der Waals surface area (Å²) in [5.74, 6) is -0.384. The molecule has 1 amide bonds. The zero-order chi connectivity index (χ0) is 16.8. The predicted octanol–water partition coefficient (Wildman–Crippen LogP) is 1.11. The number of nitrogens with zero attached hydrogens (tertiary/aromatic N) is 4. The third-order valence-corrected chi connectivity index (χ3v) is 4.33. The molecule has 9 heteroatoms. The van der Waals surface area contributed by atoms with Gasteiger partial charge in [0.25, 0.3) is 0 Å². The molecule has 0 radical (unpaired) electrons. The molecule has 8 nitrogen and oxygen atoms in total. The van der Waals surface area contributed by atoms with Crippen molar-refractivity contribution in [2.24, 2.45) is 5.92 Å². The number of nitrogens with one attached hydrogen (secondary N) is 1. The summed E-state index contributed by atoms with van der Waals surface area (Å²) in [6, 6.07) is 3.08. The fourth-order valence-corrected chi connectivity index (χ4v) is 2.61. The van der Waals surface area contributed by atoms with Crippen molar-refractivity contribution in [2.45, 2.75) is 32.9 Å². The predicted molar refractivity (Wildman–Crippen MR) is 84.5 cm³/mol. The van der Waals surface area contributed by atoms with Crippen LogP contribution in [-0.4, -0.2) is 45.2 Å². The lowest BCUT2D eigenvalue weighted by Gasteiger charge is -2.21. The van der Waals surface area contributed by atoms with Crippen molar-refractivity contribution in [1.29, 1.82) is 0 Å². The molecule has 0 aliphatic heterocycles. The average molecular weight is 337 g/mol. The molecule has 2 aromatic heterocycles. The number of thiophene rings is 1. The number of carbonyl (C=O) groups is 2. The number of hydrogen-bond acceptors (Lipinski definition) is 7. The topological polar surface area (TPSA) is 99.0 Å². The van der Waals surface area contributed by atoms with Gasteiger partial charge in [0.05, 0.1) is 12.0 Å². The molecule has 0 fully saturated rings. The van der Waals surface area contributed by atoms with Gasteiger partial charge < -0.3 is 10.1 Å². The lowest BCUT2D eigenvalue weighted by atomic mass is 9.99. The number of methoxy groups -OCH3 is 1. The molecule has 2 rings (SSSR count). The number of carbonyl (C=O) groups excluding carboxylic acids is 2. The maximum atomic E-state index is 12.1. The first kappa shape index (κ1) is 17.1. The Hall–Kier alpha value is -2.29. The van der Waals surface area contributed by atoms with E-state index >= 15 is 0 Å². The van der Waals surface area contributed by atoms with Crippen LogP contribution in [0.3, 0.4) is 0 Å². The monoisotopic (exact) mass is 337 g/mol. The van der Waals surface area contributed by atoms with Crippen LogP contribution >= 0.6 is 11.3 Å². The van der Waals surface area contributed by atoms with Gasteiger partial charge in [-0.15, -0.1) is 21.5 Å². The van der Waals surface area contributed by atoms with Crippen LogP contribution in [0.5, 0.6) is 0 Å². The van der Waals surface area contributed by atoms with E-state index in [0.717, 1.165) is 11.3 Å². The third kappa shape index (κ3) is 4.35. The van der Waals surface area contributed by atoms with Gasteiger partial charge in [-0.3, -0.25) is 4.79 Å². The lowest BCUT2D eigenvalue weighted by Crippen LogP contribution is -2.46. The average Bonchev–Trinajstić information content (AvgIpc) is 3.22. The molecule has 0 aromatic carbocycles. The Morgan fingerprint density at radius 2 is 2.26 bits per heavy atom. The van der Waals surface area contributed by atoms with Crippen LogP contribution in [0, 0.1) is 5.92 Å². The van der Waals surface area contributed by atoms with Crippen LogP contribution in [0.1, 0.15) is 20.3 Å². The van der Waals surface area contributed by atoms with Crippen molar-refractivity contribution in [3.8, 4) is 10.7 Å². The van der Waals surface area contributed by atoms with Crippen molar-refractivity contribution in [3.63, 3.8) is 0 Å². The van der Waals surface area contributed by atoms with Gasteiger partial charge in [0.15, 0.2) is 0 Å². The first-order valence-corrected chi connectivity index (χ1v) is 8.12. The summed E-state index contributed by atoms with van der Waals surface area (Å²) in [5, 5.41) is 16.5. The molecule has 0 aliphatic carbocycles. The van der Waals surface area contributed by atoms with E-state index in [0.29, 0.717) is 5.82 Å². The Kier molecular flexibility index (Phi) is 5.80. The molecular weight excluding hydrogens is 318 g/mol. The Labute approximate surface area is 137 Å². The van der Waals surface area contributed by atoms with E-state index < -0.39 is 12.0 Å². The minimum Gasteiger partial charge on any atom is -0.467 e. The fraction of sp³-hybridized carbons (Fsp3) is 0.500. The second-order valence-corrected chi connectivity index (χ2v) is 6.02. The molecule has 1 N–H and O–H groups in total. The minimum atomic E-state index is -0.683. The fourth-order valence-electron chi connectivity index (χ4n) is 1.96. The maximum absolute atomic E-state index is 12.1. The van der Waals surface area contributed by atoms with Crippen LogP contribution < -0.4 is 5.32 Å². The molecule has 0 unspecified atom stereocenters. The van der Waals surface area contributed by atoms with E-state index in [1.54, 1.807) is 0 Å². The number of tetrazole rings is 1. The normalized spacial score (nSPS) is 13.3. The lowest BCUT2D eigenvalue weighted by molar-refractivity contribution is -0.146. The van der Waals surface area contributed by atoms with E-state index in [9.17, 15) is 9.59 Å². The van der Waals surface area contributed by atoms with Crippen LogP contribution in [0.2, 0.25) is 0 Å². The molecule has 0 aliphatic rings. The molecule has 0 bridgehead atoms. The highest BCUT2D eigenvalue weighted by atomic mass is 32.1. The van der Waals surface area contributed by atoms with Gasteiger partial charge in [0.2, 0.25) is 11.7 Å². The number of rotatable bonds is 7. The van der Waals surface area contributed by atoms with E-state index in [1.807, 2.05) is 31.4 Å². The highest BCUT2D eigenvalue weighted by Gasteiger charge is 2.26. The minimum absolute atomic E-state index is 0.0308. The molecule has 2 aromatic rings. The molecule has 2 heterocycles. The Morgan fingerprint density at radius 1 is 1.48 bits per heavy atom. The summed E-state index contributed by atoms with van der Waals surface area (Å²) in [5.41, 5.74) is 0. The molecular formula is C14H19N5O3S. The zero-order valence-electron chi connectivity index (χ0n) is 13.2. The Balaban J connectivity index is 1.99. The SMILES string of the molecule is CC[C@H](C)[C@@H](NC(=O)Cn1nnc(-c2cccs2)n1)C(=O)OC. The summed E-state index contributed by atoms with van der Waals surface area (Å²) in [6.45, 7) is 3.71. The summed E-state index contributed by atoms with van der Waals surface area (Å²) in [6.07, 6.45) is 0.740. The van der Waals surface area contributed by atoms with Gasteiger partial charge >= 0.3 is 5.97 Å². The first-order valence-electron chi connectivity index (χ1n) is 7.24. The van der Waals surface area contributed by atoms with Gasteiger partial charge in [-0.05, 0) is 22.6 Å². The van der Waals surface area contributed by atoms with E-state index in [2.05, 4.69) is 20.7 Å². The van der Waals surface area contributed by atoms with Crippen molar-refractivity contribution in [3.05, 3.63) is 17.5 Å². The third-order valence-electron chi connectivity index (χ3n) is 3.46. The molecule has 23 heavy (non-hydrogen) atoms. The van der Waals surface area contributed by atoms with Gasteiger partial charge in [0.1, 0.15) is 12.6 Å². The van der Waals surface area contributed by atoms with Crippen molar-refractivity contribution < 1.29 is 14.3 Å². The van der Waals surface area contributed by atoms with Gasteiger partial charge in [0, 0.05) is 0 Å². The van der Waals surface area contributed by atoms with E-state index in [1.165, 1.54) is 23.2 Å². The quantitative estimate of drug-likeness (QED) is 0.760. The van der Waals surface area contributed by atoms with Crippen LogP contribution in [0.25, 0.3) is 10.7 Å².